The monoisotopic (exact) mass is 195 g/mol. The third-order valence-electron chi connectivity index (χ3n) is 3.27. The smallest absolute Gasteiger partial charge is 0.129 e. The summed E-state index contributed by atoms with van der Waals surface area (Å²) in [7, 11) is 1.73. The van der Waals surface area contributed by atoms with E-state index in [1.807, 2.05) is 0 Å². The maximum absolute atomic E-state index is 5.55. The predicted molar refractivity (Wildman–Crippen MR) is 54.2 cm³/mol. The van der Waals surface area contributed by atoms with Crippen LogP contribution in [0.4, 0.5) is 0 Å². The molecule has 78 valence electrons. The maximum Gasteiger partial charge on any atom is 0.129 e. The van der Waals surface area contributed by atoms with Gasteiger partial charge in [-0.3, -0.25) is 0 Å². The van der Waals surface area contributed by atoms with Crippen molar-refractivity contribution in [2.24, 2.45) is 0 Å². The summed E-state index contributed by atoms with van der Waals surface area (Å²) in [6.45, 7) is 5.17. The van der Waals surface area contributed by atoms with Crippen molar-refractivity contribution in [2.75, 3.05) is 13.7 Å². The Labute approximate surface area is 84.4 Å². The van der Waals surface area contributed by atoms with E-state index in [-0.39, 0.29) is 11.6 Å². The Kier molecular flexibility index (Phi) is 2.37. The van der Waals surface area contributed by atoms with Crippen LogP contribution in [0.25, 0.3) is 0 Å². The van der Waals surface area contributed by atoms with Crippen LogP contribution in [0.2, 0.25) is 0 Å². The molecule has 1 aromatic heterocycles. The van der Waals surface area contributed by atoms with Gasteiger partial charge in [0.15, 0.2) is 0 Å². The summed E-state index contributed by atoms with van der Waals surface area (Å²) in [6, 6.07) is 2.05. The average Bonchev–Trinajstić information content (AvgIpc) is 2.66. The summed E-state index contributed by atoms with van der Waals surface area (Å²) in [4.78, 5) is 0. The van der Waals surface area contributed by atoms with Crippen LogP contribution < -0.4 is 5.32 Å². The summed E-state index contributed by atoms with van der Waals surface area (Å²) in [6.07, 6.45) is 2.91. The normalized spacial score (nSPS) is 28.5. The molecule has 0 bridgehead atoms. The van der Waals surface area contributed by atoms with E-state index in [1.54, 1.807) is 13.4 Å². The van der Waals surface area contributed by atoms with E-state index in [9.17, 15) is 0 Å². The van der Waals surface area contributed by atoms with Crippen LogP contribution in [-0.2, 0) is 16.7 Å². The van der Waals surface area contributed by atoms with Gasteiger partial charge in [0.2, 0.25) is 0 Å². The third kappa shape index (κ3) is 1.28. The average molecular weight is 195 g/mol. The first-order valence-corrected chi connectivity index (χ1v) is 5.03. The highest BCUT2D eigenvalue weighted by Crippen LogP contribution is 2.33. The van der Waals surface area contributed by atoms with E-state index in [4.69, 9.17) is 9.15 Å². The van der Waals surface area contributed by atoms with Gasteiger partial charge in [-0.1, -0.05) is 0 Å². The van der Waals surface area contributed by atoms with Gasteiger partial charge >= 0.3 is 0 Å². The molecule has 0 fully saturated rings. The van der Waals surface area contributed by atoms with Crippen molar-refractivity contribution in [1.29, 1.82) is 0 Å². The molecule has 0 saturated heterocycles. The first-order valence-electron chi connectivity index (χ1n) is 5.03. The fourth-order valence-corrected chi connectivity index (χ4v) is 2.09. The molecular formula is C11H17NO2. The number of furan rings is 1. The number of nitrogens with one attached hydrogen (secondary N) is 1. The second-order valence-corrected chi connectivity index (χ2v) is 4.03. The zero-order chi connectivity index (χ0) is 10.2. The Morgan fingerprint density at radius 3 is 3.14 bits per heavy atom. The molecule has 0 aliphatic carbocycles. The number of methoxy groups -OCH3 is 1. The van der Waals surface area contributed by atoms with Crippen LogP contribution in [0.5, 0.6) is 0 Å². The lowest BCUT2D eigenvalue weighted by Gasteiger charge is -2.37. The molecule has 3 nitrogen and oxygen atoms in total. The van der Waals surface area contributed by atoms with E-state index in [0.29, 0.717) is 0 Å². The van der Waals surface area contributed by atoms with Gasteiger partial charge in [0.25, 0.3) is 0 Å². The first-order chi connectivity index (χ1) is 6.68. The third-order valence-corrected chi connectivity index (χ3v) is 3.27. The number of rotatable bonds is 2. The highest BCUT2D eigenvalue weighted by Gasteiger charge is 2.39. The molecule has 0 spiro atoms. The van der Waals surface area contributed by atoms with Crippen LogP contribution >= 0.6 is 0 Å². The minimum Gasteiger partial charge on any atom is -0.467 e. The summed E-state index contributed by atoms with van der Waals surface area (Å²) in [5.74, 6) is 1.03. The molecule has 2 rings (SSSR count). The molecule has 3 heteroatoms. The fraction of sp³-hybridized carbons (Fsp3) is 0.636. The van der Waals surface area contributed by atoms with Crippen molar-refractivity contribution in [3.05, 3.63) is 23.7 Å². The highest BCUT2D eigenvalue weighted by atomic mass is 16.5. The van der Waals surface area contributed by atoms with Crippen molar-refractivity contribution in [3.8, 4) is 0 Å². The van der Waals surface area contributed by atoms with Crippen molar-refractivity contribution in [1.82, 2.24) is 5.32 Å². The van der Waals surface area contributed by atoms with Crippen LogP contribution in [0, 0.1) is 0 Å². The number of hydrogen-bond donors (Lipinski definition) is 1. The first kappa shape index (κ1) is 9.74. The lowest BCUT2D eigenvalue weighted by molar-refractivity contribution is 0.0219. The second-order valence-electron chi connectivity index (χ2n) is 4.03. The molecular weight excluding hydrogens is 178 g/mol. The van der Waals surface area contributed by atoms with Crippen molar-refractivity contribution in [2.45, 2.75) is 31.9 Å². The van der Waals surface area contributed by atoms with E-state index >= 15 is 0 Å². The summed E-state index contributed by atoms with van der Waals surface area (Å²) >= 11 is 0. The summed E-state index contributed by atoms with van der Waals surface area (Å²) in [5, 5.41) is 3.47. The van der Waals surface area contributed by atoms with Crippen molar-refractivity contribution in [3.63, 3.8) is 0 Å². The minimum absolute atomic E-state index is 0.104. The van der Waals surface area contributed by atoms with Crippen LogP contribution in [0.3, 0.4) is 0 Å². The SMILES string of the molecule is COC(C)C1(C)NCCc2ccoc21. The molecule has 1 aliphatic rings. The predicted octanol–water partition coefficient (Wildman–Crippen LogP) is 1.68. The van der Waals surface area contributed by atoms with E-state index in [1.165, 1.54) is 5.56 Å². The molecule has 14 heavy (non-hydrogen) atoms. The Morgan fingerprint density at radius 2 is 2.43 bits per heavy atom. The Balaban J connectivity index is 2.39. The quantitative estimate of drug-likeness (QED) is 0.779. The topological polar surface area (TPSA) is 34.4 Å². The van der Waals surface area contributed by atoms with Crippen molar-refractivity contribution < 1.29 is 9.15 Å². The van der Waals surface area contributed by atoms with Gasteiger partial charge in [-0.15, -0.1) is 0 Å². The zero-order valence-corrected chi connectivity index (χ0v) is 8.96. The number of ether oxygens (including phenoxy) is 1. The molecule has 2 atom stereocenters. The van der Waals surface area contributed by atoms with Gasteiger partial charge in [-0.2, -0.15) is 0 Å². The standard InChI is InChI=1S/C11H17NO2/c1-8(13-3)11(2)10-9(4-6-12-11)5-7-14-10/h5,7-8,12H,4,6H2,1-3H3. The van der Waals surface area contributed by atoms with E-state index < -0.39 is 0 Å². The molecule has 1 N–H and O–H groups in total. The lowest BCUT2D eigenvalue weighted by atomic mass is 9.86. The van der Waals surface area contributed by atoms with Crippen LogP contribution in [-0.4, -0.2) is 19.8 Å². The minimum atomic E-state index is -0.189. The van der Waals surface area contributed by atoms with Gasteiger partial charge in [-0.25, -0.2) is 0 Å². The van der Waals surface area contributed by atoms with Gasteiger partial charge < -0.3 is 14.5 Å². The summed E-state index contributed by atoms with van der Waals surface area (Å²) < 4.78 is 10.9. The Bertz CT molecular complexity index is 321. The zero-order valence-electron chi connectivity index (χ0n) is 8.96. The maximum atomic E-state index is 5.55. The largest absolute Gasteiger partial charge is 0.467 e. The molecule has 2 unspecified atom stereocenters. The number of hydrogen-bond acceptors (Lipinski definition) is 3. The van der Waals surface area contributed by atoms with Crippen LogP contribution in [0.15, 0.2) is 16.7 Å². The Morgan fingerprint density at radius 1 is 1.64 bits per heavy atom. The molecule has 1 aliphatic heterocycles. The molecule has 0 amide bonds. The second kappa shape index (κ2) is 3.41. The summed E-state index contributed by atoms with van der Waals surface area (Å²) in [5.41, 5.74) is 1.11. The van der Waals surface area contributed by atoms with E-state index in [2.05, 4.69) is 25.2 Å². The van der Waals surface area contributed by atoms with Gasteiger partial charge in [0.05, 0.1) is 12.4 Å². The lowest BCUT2D eigenvalue weighted by Crippen LogP contribution is -2.52. The van der Waals surface area contributed by atoms with Gasteiger partial charge in [0.1, 0.15) is 11.3 Å². The molecule has 0 radical (unpaired) electrons. The molecule has 0 aromatic carbocycles. The Hall–Kier alpha value is -0.800. The molecule has 1 aromatic rings. The van der Waals surface area contributed by atoms with Crippen molar-refractivity contribution >= 4 is 0 Å². The molecule has 0 saturated carbocycles. The van der Waals surface area contributed by atoms with E-state index in [0.717, 1.165) is 18.7 Å². The number of fused-ring (bicyclic) bond motifs is 1. The highest BCUT2D eigenvalue weighted by molar-refractivity contribution is 5.28. The van der Waals surface area contributed by atoms with Crippen LogP contribution in [0.1, 0.15) is 25.2 Å². The fourth-order valence-electron chi connectivity index (χ4n) is 2.09. The van der Waals surface area contributed by atoms with Gasteiger partial charge in [0, 0.05) is 13.7 Å². The molecule has 2 heterocycles. The van der Waals surface area contributed by atoms with Gasteiger partial charge in [-0.05, 0) is 31.9 Å².